The zero-order chi connectivity index (χ0) is 35.6. The van der Waals surface area contributed by atoms with Gasteiger partial charge in [-0.15, -0.1) is 0 Å². The Labute approximate surface area is 294 Å². The van der Waals surface area contributed by atoms with Crippen molar-refractivity contribution in [2.24, 2.45) is 10.7 Å². The molecular formula is C38H37N5O6S. The molecule has 0 radical (unpaired) electrons. The van der Waals surface area contributed by atoms with Crippen molar-refractivity contribution in [3.8, 4) is 5.75 Å². The fourth-order valence-electron chi connectivity index (χ4n) is 5.97. The van der Waals surface area contributed by atoms with Gasteiger partial charge in [0.2, 0.25) is 17.7 Å². The number of rotatable bonds is 13. The minimum atomic E-state index is -1.30. The summed E-state index contributed by atoms with van der Waals surface area (Å²) in [4.78, 5) is 59.5. The number of carboxylic acids is 1. The van der Waals surface area contributed by atoms with Crippen LogP contribution in [0.15, 0.2) is 108 Å². The van der Waals surface area contributed by atoms with Gasteiger partial charge in [-0.1, -0.05) is 78.9 Å². The highest BCUT2D eigenvalue weighted by atomic mass is 32.1. The maximum atomic E-state index is 14.2. The van der Waals surface area contributed by atoms with E-state index in [1.807, 2.05) is 30.3 Å². The van der Waals surface area contributed by atoms with E-state index < -0.39 is 47.9 Å². The van der Waals surface area contributed by atoms with Crippen LogP contribution in [0.1, 0.15) is 27.8 Å². The summed E-state index contributed by atoms with van der Waals surface area (Å²) < 4.78 is 0. The summed E-state index contributed by atoms with van der Waals surface area (Å²) in [5, 5.41) is 27.4. The number of aliphatic carboxylic acids is 1. The van der Waals surface area contributed by atoms with E-state index in [4.69, 9.17) is 5.73 Å². The topological polar surface area (TPSA) is 174 Å². The molecule has 1 aliphatic rings. The summed E-state index contributed by atoms with van der Waals surface area (Å²) in [5.74, 6) is -2.84. The van der Waals surface area contributed by atoms with Crippen LogP contribution in [-0.2, 0) is 51.4 Å². The summed E-state index contributed by atoms with van der Waals surface area (Å²) >= 11 is 4.63. The maximum Gasteiger partial charge on any atom is 0.326 e. The maximum absolute atomic E-state index is 14.2. The lowest BCUT2D eigenvalue weighted by molar-refractivity contribution is -0.144. The third-order valence-corrected chi connectivity index (χ3v) is 8.72. The van der Waals surface area contributed by atoms with E-state index in [-0.39, 0.29) is 38.0 Å². The van der Waals surface area contributed by atoms with Crippen LogP contribution in [0, 0.1) is 0 Å². The Morgan fingerprint density at radius 2 is 1.38 bits per heavy atom. The Hall–Kier alpha value is -5.68. The van der Waals surface area contributed by atoms with E-state index in [0.29, 0.717) is 11.3 Å². The largest absolute Gasteiger partial charge is 0.508 e. The van der Waals surface area contributed by atoms with E-state index in [1.165, 1.54) is 17.0 Å². The van der Waals surface area contributed by atoms with Crippen LogP contribution >= 0.6 is 12.2 Å². The lowest BCUT2D eigenvalue weighted by atomic mass is 9.92. The van der Waals surface area contributed by atoms with Crippen molar-refractivity contribution < 1.29 is 29.4 Å². The van der Waals surface area contributed by atoms with Crippen LogP contribution in [0.2, 0.25) is 0 Å². The molecule has 4 aromatic rings. The molecule has 0 fully saturated rings. The number of thiocarbonyl (C=S) groups is 1. The molecule has 3 amide bonds. The Morgan fingerprint density at radius 1 is 0.800 bits per heavy atom. The Balaban J connectivity index is 1.37. The number of hydrogen-bond donors (Lipinski definition) is 5. The number of nitrogens with one attached hydrogen (secondary N) is 2. The van der Waals surface area contributed by atoms with E-state index in [0.717, 1.165) is 22.3 Å². The molecule has 11 nitrogen and oxygen atoms in total. The first-order chi connectivity index (χ1) is 24.1. The molecule has 0 spiro atoms. The summed E-state index contributed by atoms with van der Waals surface area (Å²) in [7, 11) is 0. The second-order valence-corrected chi connectivity index (χ2v) is 12.3. The number of phenolic OH excluding ortho intramolecular Hbond substituents is 1. The lowest BCUT2D eigenvalue weighted by Crippen LogP contribution is -2.60. The average Bonchev–Trinajstić information content (AvgIpc) is 3.12. The van der Waals surface area contributed by atoms with Crippen molar-refractivity contribution in [2.75, 3.05) is 0 Å². The molecule has 0 aliphatic carbocycles. The van der Waals surface area contributed by atoms with Crippen molar-refractivity contribution in [3.05, 3.63) is 131 Å². The molecular weight excluding hydrogens is 655 g/mol. The van der Waals surface area contributed by atoms with Crippen molar-refractivity contribution in [1.29, 1.82) is 0 Å². The monoisotopic (exact) mass is 691 g/mol. The molecule has 5 rings (SSSR count). The van der Waals surface area contributed by atoms with Gasteiger partial charge in [0.15, 0.2) is 0 Å². The Morgan fingerprint density at radius 3 is 2.04 bits per heavy atom. The number of isothiocyanates is 1. The molecule has 0 bridgehead atoms. The number of aromatic hydroxyl groups is 1. The van der Waals surface area contributed by atoms with Crippen LogP contribution in [0.25, 0.3) is 0 Å². The van der Waals surface area contributed by atoms with Crippen molar-refractivity contribution in [2.45, 2.75) is 56.4 Å². The van der Waals surface area contributed by atoms with Crippen LogP contribution in [-0.4, -0.2) is 68.1 Å². The number of fused-ring (bicyclic) bond motifs is 1. The van der Waals surface area contributed by atoms with Crippen molar-refractivity contribution in [3.63, 3.8) is 0 Å². The zero-order valence-electron chi connectivity index (χ0n) is 27.1. The first kappa shape index (κ1) is 35.6. The van der Waals surface area contributed by atoms with Gasteiger partial charge in [0.05, 0.1) is 16.9 Å². The van der Waals surface area contributed by atoms with Crippen LogP contribution < -0.4 is 16.4 Å². The molecule has 4 aromatic carbocycles. The standard InChI is InChI=1S/C38H37N5O6S/c39-31(18-25-12-16-30(44)17-13-25)37(47)43-22-28-9-5-4-8-27(28)21-34(43)36(46)41-32(19-24-6-2-1-3-7-24)35(45)42-33(38(48)49)20-26-10-14-29(15-11-26)40-23-50/h1-17,31-34,44H,18-22,39H2,(H,41,46)(H,42,45)(H,48,49)/t31-,32-,33-,34-/m0/s1. The Kier molecular flexibility index (Phi) is 11.8. The minimum absolute atomic E-state index is 0.0186. The molecule has 6 N–H and O–H groups in total. The molecule has 1 aliphatic heterocycles. The number of nitrogens with zero attached hydrogens (tertiary/aromatic N) is 2. The molecule has 12 heteroatoms. The highest BCUT2D eigenvalue weighted by Gasteiger charge is 2.38. The van der Waals surface area contributed by atoms with E-state index in [1.54, 1.807) is 60.7 Å². The quantitative estimate of drug-likeness (QED) is 0.105. The molecule has 1 heterocycles. The van der Waals surface area contributed by atoms with Crippen LogP contribution in [0.5, 0.6) is 5.75 Å². The molecule has 4 atom stereocenters. The highest BCUT2D eigenvalue weighted by molar-refractivity contribution is 7.78. The van der Waals surface area contributed by atoms with Gasteiger partial charge in [0.25, 0.3) is 0 Å². The summed E-state index contributed by atoms with van der Waals surface area (Å²) in [6, 6.07) is 25.2. The average molecular weight is 692 g/mol. The van der Waals surface area contributed by atoms with Crippen molar-refractivity contribution in [1.82, 2.24) is 15.5 Å². The second kappa shape index (κ2) is 16.6. The summed E-state index contributed by atoms with van der Waals surface area (Å²) in [6.45, 7) is 0.140. The number of carbonyl (C=O) groups is 4. The molecule has 0 aromatic heterocycles. The van der Waals surface area contributed by atoms with Gasteiger partial charge in [-0.3, -0.25) is 14.4 Å². The number of phenols is 1. The molecule has 0 saturated heterocycles. The number of nitrogens with two attached hydrogens (primary N) is 1. The van der Waals surface area contributed by atoms with Gasteiger partial charge in [-0.2, -0.15) is 4.99 Å². The fourth-order valence-corrected chi connectivity index (χ4v) is 6.07. The molecule has 50 heavy (non-hydrogen) atoms. The molecule has 0 unspecified atom stereocenters. The smallest absolute Gasteiger partial charge is 0.326 e. The summed E-state index contributed by atoms with van der Waals surface area (Å²) in [6.07, 6.45) is 0.436. The van der Waals surface area contributed by atoms with Crippen LogP contribution in [0.3, 0.4) is 0 Å². The van der Waals surface area contributed by atoms with Crippen LogP contribution in [0.4, 0.5) is 5.69 Å². The van der Waals surface area contributed by atoms with Gasteiger partial charge < -0.3 is 31.5 Å². The molecule has 256 valence electrons. The molecule has 0 saturated carbocycles. The number of benzene rings is 4. The predicted octanol–water partition coefficient (Wildman–Crippen LogP) is 3.49. The van der Waals surface area contributed by atoms with Crippen molar-refractivity contribution >= 4 is 46.8 Å². The fraction of sp³-hybridized carbons (Fsp3) is 0.237. The minimum Gasteiger partial charge on any atom is -0.508 e. The SMILES string of the molecule is N[C@@H](Cc1ccc(O)cc1)C(=O)N1Cc2ccccc2C[C@H]1C(=O)N[C@@H](Cc1ccccc1)C(=O)N[C@@H](Cc1ccc(N=C=S)cc1)C(=O)O. The number of aliphatic imine (C=N–C) groups is 1. The number of carboxylic acid groups (broad SMARTS) is 1. The first-order valence-corrected chi connectivity index (χ1v) is 16.5. The van der Waals surface area contributed by atoms with E-state index in [2.05, 4.69) is 33.0 Å². The first-order valence-electron chi connectivity index (χ1n) is 16.1. The Bertz CT molecular complexity index is 1880. The lowest BCUT2D eigenvalue weighted by Gasteiger charge is -2.38. The van der Waals surface area contributed by atoms with Gasteiger partial charge >= 0.3 is 5.97 Å². The zero-order valence-corrected chi connectivity index (χ0v) is 27.9. The van der Waals surface area contributed by atoms with Gasteiger partial charge in [0, 0.05) is 25.8 Å². The number of carbonyl (C=O) groups excluding carboxylic acids is 3. The summed E-state index contributed by atoms with van der Waals surface area (Å²) in [5.41, 5.74) is 10.9. The number of amides is 3. The third kappa shape index (κ3) is 9.26. The highest BCUT2D eigenvalue weighted by Crippen LogP contribution is 2.25. The van der Waals surface area contributed by atoms with Gasteiger partial charge in [-0.05, 0) is 70.7 Å². The van der Waals surface area contributed by atoms with Gasteiger partial charge in [0.1, 0.15) is 23.9 Å². The predicted molar refractivity (Wildman–Crippen MR) is 191 cm³/mol. The normalized spacial score (nSPS) is 15.4. The van der Waals surface area contributed by atoms with E-state index >= 15 is 0 Å². The van der Waals surface area contributed by atoms with E-state index in [9.17, 15) is 29.4 Å². The second-order valence-electron chi connectivity index (χ2n) is 12.2. The third-order valence-electron chi connectivity index (χ3n) is 8.62. The number of hydrogen-bond acceptors (Lipinski definition) is 8. The van der Waals surface area contributed by atoms with Gasteiger partial charge in [-0.25, -0.2) is 4.79 Å².